The monoisotopic (exact) mass is 250 g/mol. The van der Waals surface area contributed by atoms with E-state index in [-0.39, 0.29) is 11.7 Å². The standard InChI is InChI=1S/C12H11ClN2O2/c1-7-3-5-10(17-7)12(16)15-9-4-6-11(13)14-8(9)2/h3-6H,1-2H3,(H,15,16). The van der Waals surface area contributed by atoms with Crippen molar-refractivity contribution in [2.24, 2.45) is 0 Å². The maximum absolute atomic E-state index is 11.8. The summed E-state index contributed by atoms with van der Waals surface area (Å²) in [5, 5.41) is 3.11. The number of furan rings is 1. The van der Waals surface area contributed by atoms with Gasteiger partial charge in [-0.2, -0.15) is 0 Å². The first-order valence-electron chi connectivity index (χ1n) is 5.07. The van der Waals surface area contributed by atoms with Gasteiger partial charge < -0.3 is 9.73 Å². The summed E-state index contributed by atoms with van der Waals surface area (Å²) in [6.45, 7) is 3.56. The van der Waals surface area contributed by atoms with E-state index in [1.807, 2.05) is 0 Å². The van der Waals surface area contributed by atoms with Crippen LogP contribution in [0.2, 0.25) is 5.15 Å². The van der Waals surface area contributed by atoms with Gasteiger partial charge in [0.25, 0.3) is 5.91 Å². The van der Waals surface area contributed by atoms with Gasteiger partial charge in [-0.05, 0) is 38.1 Å². The number of hydrogen-bond donors (Lipinski definition) is 1. The molecule has 2 aromatic heterocycles. The maximum atomic E-state index is 11.8. The van der Waals surface area contributed by atoms with Crippen LogP contribution in [-0.2, 0) is 0 Å². The highest BCUT2D eigenvalue weighted by Gasteiger charge is 2.11. The zero-order valence-electron chi connectivity index (χ0n) is 9.45. The van der Waals surface area contributed by atoms with Crippen LogP contribution in [0.15, 0.2) is 28.7 Å². The molecule has 0 spiro atoms. The molecule has 0 radical (unpaired) electrons. The molecule has 0 bridgehead atoms. The molecule has 0 aromatic carbocycles. The number of aromatic nitrogens is 1. The molecule has 17 heavy (non-hydrogen) atoms. The second-order valence-electron chi connectivity index (χ2n) is 3.63. The van der Waals surface area contributed by atoms with E-state index in [0.717, 1.165) is 0 Å². The third kappa shape index (κ3) is 2.65. The van der Waals surface area contributed by atoms with Crippen LogP contribution < -0.4 is 5.32 Å². The quantitative estimate of drug-likeness (QED) is 0.833. The molecule has 0 atom stereocenters. The normalized spacial score (nSPS) is 10.3. The van der Waals surface area contributed by atoms with Crippen molar-refractivity contribution in [2.75, 3.05) is 5.32 Å². The zero-order chi connectivity index (χ0) is 12.4. The van der Waals surface area contributed by atoms with E-state index in [1.54, 1.807) is 38.1 Å². The lowest BCUT2D eigenvalue weighted by atomic mass is 10.3. The number of carbonyl (C=O) groups is 1. The first kappa shape index (κ1) is 11.7. The molecule has 0 fully saturated rings. The van der Waals surface area contributed by atoms with Crippen molar-refractivity contribution in [3.63, 3.8) is 0 Å². The highest BCUT2D eigenvalue weighted by molar-refractivity contribution is 6.29. The van der Waals surface area contributed by atoms with Gasteiger partial charge >= 0.3 is 0 Å². The summed E-state index contributed by atoms with van der Waals surface area (Å²) in [5.41, 5.74) is 1.28. The van der Waals surface area contributed by atoms with Gasteiger partial charge in [0.15, 0.2) is 5.76 Å². The van der Waals surface area contributed by atoms with Gasteiger partial charge in [-0.3, -0.25) is 4.79 Å². The summed E-state index contributed by atoms with van der Waals surface area (Å²) in [6.07, 6.45) is 0. The van der Waals surface area contributed by atoms with Crippen LogP contribution >= 0.6 is 11.6 Å². The molecule has 2 rings (SSSR count). The molecule has 0 unspecified atom stereocenters. The van der Waals surface area contributed by atoms with Gasteiger partial charge in [-0.1, -0.05) is 11.6 Å². The van der Waals surface area contributed by atoms with Gasteiger partial charge in [0.1, 0.15) is 10.9 Å². The SMILES string of the molecule is Cc1ccc(C(=O)Nc2ccc(Cl)nc2C)o1. The summed E-state index contributed by atoms with van der Waals surface area (Å²) >= 11 is 5.73. The summed E-state index contributed by atoms with van der Waals surface area (Å²) in [6, 6.07) is 6.70. The molecule has 1 N–H and O–H groups in total. The van der Waals surface area contributed by atoms with E-state index in [4.69, 9.17) is 16.0 Å². The van der Waals surface area contributed by atoms with Crippen LogP contribution in [0.5, 0.6) is 0 Å². The fourth-order valence-corrected chi connectivity index (χ4v) is 1.59. The molecule has 4 nitrogen and oxygen atoms in total. The van der Waals surface area contributed by atoms with Crippen LogP contribution in [0.3, 0.4) is 0 Å². The molecule has 0 aliphatic heterocycles. The summed E-state index contributed by atoms with van der Waals surface area (Å²) in [7, 11) is 0. The van der Waals surface area contributed by atoms with E-state index in [2.05, 4.69) is 10.3 Å². The lowest BCUT2D eigenvalue weighted by Gasteiger charge is -2.06. The van der Waals surface area contributed by atoms with Gasteiger partial charge in [0.05, 0.1) is 11.4 Å². The van der Waals surface area contributed by atoms with E-state index in [0.29, 0.717) is 22.3 Å². The number of halogens is 1. The van der Waals surface area contributed by atoms with Gasteiger partial charge in [0.2, 0.25) is 0 Å². The molecule has 2 aromatic rings. The van der Waals surface area contributed by atoms with Crippen molar-refractivity contribution in [3.05, 3.63) is 46.6 Å². The van der Waals surface area contributed by atoms with Crippen molar-refractivity contribution >= 4 is 23.2 Å². The van der Waals surface area contributed by atoms with Gasteiger partial charge in [0, 0.05) is 0 Å². The highest BCUT2D eigenvalue weighted by Crippen LogP contribution is 2.17. The predicted molar refractivity (Wildman–Crippen MR) is 65.4 cm³/mol. The number of rotatable bonds is 2. The number of carbonyl (C=O) groups excluding carboxylic acids is 1. The average molecular weight is 251 g/mol. The Morgan fingerprint density at radius 2 is 2.06 bits per heavy atom. The first-order chi connectivity index (χ1) is 8.06. The van der Waals surface area contributed by atoms with Gasteiger partial charge in [-0.25, -0.2) is 4.98 Å². The molecule has 0 saturated carbocycles. The fourth-order valence-electron chi connectivity index (χ4n) is 1.40. The minimum atomic E-state index is -0.301. The molecule has 0 aliphatic carbocycles. The number of nitrogens with zero attached hydrogens (tertiary/aromatic N) is 1. The van der Waals surface area contributed by atoms with Crippen LogP contribution in [-0.4, -0.2) is 10.9 Å². The molecule has 2 heterocycles. The molecule has 0 saturated heterocycles. The Bertz CT molecular complexity index is 563. The van der Waals surface area contributed by atoms with Gasteiger partial charge in [-0.15, -0.1) is 0 Å². The Morgan fingerprint density at radius 3 is 2.65 bits per heavy atom. The Kier molecular flexibility index (Phi) is 3.15. The number of nitrogens with one attached hydrogen (secondary N) is 1. The lowest BCUT2D eigenvalue weighted by molar-refractivity contribution is 0.0995. The number of aryl methyl sites for hydroxylation is 2. The van der Waals surface area contributed by atoms with Crippen LogP contribution in [0, 0.1) is 13.8 Å². The van der Waals surface area contributed by atoms with E-state index in [1.165, 1.54) is 0 Å². The van der Waals surface area contributed by atoms with Crippen molar-refractivity contribution in [2.45, 2.75) is 13.8 Å². The summed E-state index contributed by atoms with van der Waals surface area (Å²) < 4.78 is 5.22. The molecular formula is C12H11ClN2O2. The Hall–Kier alpha value is -1.81. The van der Waals surface area contributed by atoms with Crippen molar-refractivity contribution < 1.29 is 9.21 Å². The second kappa shape index (κ2) is 4.59. The molecular weight excluding hydrogens is 240 g/mol. The third-order valence-electron chi connectivity index (χ3n) is 2.26. The highest BCUT2D eigenvalue weighted by atomic mass is 35.5. The molecule has 88 valence electrons. The van der Waals surface area contributed by atoms with Crippen LogP contribution in [0.25, 0.3) is 0 Å². The zero-order valence-corrected chi connectivity index (χ0v) is 10.2. The molecule has 1 amide bonds. The smallest absolute Gasteiger partial charge is 0.291 e. The largest absolute Gasteiger partial charge is 0.456 e. The molecule has 0 aliphatic rings. The minimum Gasteiger partial charge on any atom is -0.456 e. The average Bonchev–Trinajstić information content (AvgIpc) is 2.69. The van der Waals surface area contributed by atoms with E-state index >= 15 is 0 Å². The Balaban J connectivity index is 2.18. The van der Waals surface area contributed by atoms with E-state index in [9.17, 15) is 4.79 Å². The van der Waals surface area contributed by atoms with Crippen molar-refractivity contribution in [1.29, 1.82) is 0 Å². The summed E-state index contributed by atoms with van der Waals surface area (Å²) in [5.74, 6) is 0.670. The second-order valence-corrected chi connectivity index (χ2v) is 4.02. The number of anilines is 1. The van der Waals surface area contributed by atoms with Crippen molar-refractivity contribution in [1.82, 2.24) is 4.98 Å². The fraction of sp³-hybridized carbons (Fsp3) is 0.167. The van der Waals surface area contributed by atoms with Crippen LogP contribution in [0.1, 0.15) is 22.0 Å². The third-order valence-corrected chi connectivity index (χ3v) is 2.47. The Morgan fingerprint density at radius 1 is 1.29 bits per heavy atom. The lowest BCUT2D eigenvalue weighted by Crippen LogP contribution is -2.12. The maximum Gasteiger partial charge on any atom is 0.291 e. The predicted octanol–water partition coefficient (Wildman–Crippen LogP) is 3.20. The minimum absolute atomic E-state index is 0.275. The Labute approximate surface area is 104 Å². The van der Waals surface area contributed by atoms with Crippen molar-refractivity contribution in [3.8, 4) is 0 Å². The van der Waals surface area contributed by atoms with Crippen LogP contribution in [0.4, 0.5) is 5.69 Å². The summed E-state index contributed by atoms with van der Waals surface area (Å²) in [4.78, 5) is 15.8. The number of hydrogen-bond acceptors (Lipinski definition) is 3. The topological polar surface area (TPSA) is 55.1 Å². The first-order valence-corrected chi connectivity index (χ1v) is 5.45. The number of amides is 1. The van der Waals surface area contributed by atoms with E-state index < -0.39 is 0 Å². The number of pyridine rings is 1. The molecule has 5 heteroatoms.